The second-order valence-electron chi connectivity index (χ2n) is 7.57. The van der Waals surface area contributed by atoms with Crippen LogP contribution in [0.15, 0.2) is 24.3 Å². The molecule has 0 saturated carbocycles. The van der Waals surface area contributed by atoms with Gasteiger partial charge >= 0.3 is 0 Å². The van der Waals surface area contributed by atoms with Crippen LogP contribution in [0.3, 0.4) is 0 Å². The maximum Gasteiger partial charge on any atom is 0.186 e. The van der Waals surface area contributed by atoms with Crippen molar-refractivity contribution < 1.29 is 54.3 Å². The van der Waals surface area contributed by atoms with E-state index in [1.165, 1.54) is 0 Å². The van der Waals surface area contributed by atoms with Crippen molar-refractivity contribution in [3.63, 3.8) is 0 Å². The number of benzene rings is 1. The van der Waals surface area contributed by atoms with Crippen LogP contribution in [0.1, 0.15) is 5.56 Å². The molecule has 2 heterocycles. The largest absolute Gasteiger partial charge is 0.497 e. The summed E-state index contributed by atoms with van der Waals surface area (Å²) < 4.78 is 26.7. The average molecular weight is 446 g/mol. The highest BCUT2D eigenvalue weighted by Crippen LogP contribution is 2.24. The van der Waals surface area contributed by atoms with Crippen molar-refractivity contribution in [3.8, 4) is 5.75 Å². The molecule has 2 fully saturated rings. The third kappa shape index (κ3) is 5.90. The molecule has 0 aliphatic carbocycles. The number of rotatable bonds is 8. The Balaban J connectivity index is 1.51. The van der Waals surface area contributed by atoms with Crippen molar-refractivity contribution in [2.45, 2.75) is 61.7 Å². The molecule has 0 aromatic heterocycles. The van der Waals surface area contributed by atoms with Gasteiger partial charge in [-0.2, -0.15) is 0 Å². The summed E-state index contributed by atoms with van der Waals surface area (Å²) in [6.07, 6.45) is -11.7. The van der Waals surface area contributed by atoms with Gasteiger partial charge in [-0.25, -0.2) is 0 Å². The van der Waals surface area contributed by atoms with Crippen LogP contribution in [0.4, 0.5) is 0 Å². The molecule has 11 heteroatoms. The second-order valence-corrected chi connectivity index (χ2v) is 7.57. The zero-order valence-electron chi connectivity index (χ0n) is 17.1. The predicted molar refractivity (Wildman–Crippen MR) is 103 cm³/mol. The normalized spacial score (nSPS) is 38.7. The molecule has 0 radical (unpaired) electrons. The van der Waals surface area contributed by atoms with Crippen molar-refractivity contribution >= 4 is 0 Å². The molecule has 0 amide bonds. The van der Waals surface area contributed by atoms with Gasteiger partial charge in [-0.15, -0.1) is 0 Å². The van der Waals surface area contributed by atoms with Gasteiger partial charge in [0.25, 0.3) is 0 Å². The van der Waals surface area contributed by atoms with Crippen LogP contribution in [0, 0.1) is 0 Å². The number of ether oxygens (including phenoxy) is 5. The maximum atomic E-state index is 10.2. The van der Waals surface area contributed by atoms with Crippen LogP contribution in [0.25, 0.3) is 0 Å². The van der Waals surface area contributed by atoms with Crippen molar-refractivity contribution in [1.82, 2.24) is 0 Å². The SMILES string of the molecule is COc1ccc(CCO[C@H]2O[C@H](CO[C@H]3OC[C@H](O)[C@H](O)[C@H]3O)[C@@H](O)[C@H](O)[C@H]2O)cc1. The van der Waals surface area contributed by atoms with Crippen LogP contribution in [0.5, 0.6) is 5.75 Å². The standard InChI is InChI=1S/C20H30O11/c1-27-11-4-2-10(3-5-11)6-7-28-20-18(26)16(24)15(23)13(31-20)9-30-19-17(25)14(22)12(21)8-29-19/h2-5,12-26H,6-9H2,1H3/t12-,13+,14-,15+,16-,17+,18+,19+,20-/m0/s1. The van der Waals surface area contributed by atoms with Gasteiger partial charge in [0.15, 0.2) is 12.6 Å². The molecule has 6 N–H and O–H groups in total. The Morgan fingerprint density at radius 3 is 2.19 bits per heavy atom. The Kier molecular flexibility index (Phi) is 8.58. The van der Waals surface area contributed by atoms with Gasteiger partial charge in [0.2, 0.25) is 0 Å². The molecule has 9 atom stereocenters. The van der Waals surface area contributed by atoms with Crippen LogP contribution in [-0.4, -0.2) is 113 Å². The van der Waals surface area contributed by atoms with Gasteiger partial charge in [-0.3, -0.25) is 0 Å². The summed E-state index contributed by atoms with van der Waals surface area (Å²) in [5.41, 5.74) is 0.968. The van der Waals surface area contributed by atoms with Gasteiger partial charge < -0.3 is 54.3 Å². The topological polar surface area (TPSA) is 168 Å². The molecule has 2 aliphatic rings. The smallest absolute Gasteiger partial charge is 0.186 e. The fourth-order valence-electron chi connectivity index (χ4n) is 3.39. The fourth-order valence-corrected chi connectivity index (χ4v) is 3.39. The third-order valence-corrected chi connectivity index (χ3v) is 5.38. The van der Waals surface area contributed by atoms with Gasteiger partial charge in [0.1, 0.15) is 48.5 Å². The number of aliphatic hydroxyl groups is 6. The molecule has 176 valence electrons. The molecule has 0 unspecified atom stereocenters. The lowest BCUT2D eigenvalue weighted by Gasteiger charge is -2.41. The first kappa shape index (κ1) is 24.3. The van der Waals surface area contributed by atoms with Crippen molar-refractivity contribution in [2.75, 3.05) is 26.9 Å². The molecule has 2 saturated heterocycles. The van der Waals surface area contributed by atoms with E-state index in [4.69, 9.17) is 23.7 Å². The van der Waals surface area contributed by atoms with Gasteiger partial charge in [0.05, 0.1) is 26.9 Å². The molecule has 1 aromatic rings. The number of hydrogen-bond acceptors (Lipinski definition) is 11. The highest BCUT2D eigenvalue weighted by Gasteiger charge is 2.45. The lowest BCUT2D eigenvalue weighted by atomic mass is 9.99. The number of aliphatic hydroxyl groups excluding tert-OH is 6. The minimum Gasteiger partial charge on any atom is -0.497 e. The summed E-state index contributed by atoms with van der Waals surface area (Å²) >= 11 is 0. The molecule has 2 aliphatic heterocycles. The van der Waals surface area contributed by atoms with E-state index in [-0.39, 0.29) is 19.8 Å². The Bertz CT molecular complexity index is 672. The third-order valence-electron chi connectivity index (χ3n) is 5.38. The summed E-state index contributed by atoms with van der Waals surface area (Å²) in [6, 6.07) is 7.37. The minimum atomic E-state index is -1.54. The van der Waals surface area contributed by atoms with E-state index in [0.717, 1.165) is 11.3 Å². The predicted octanol–water partition coefficient (Wildman–Crippen LogP) is -2.48. The number of hydrogen-bond donors (Lipinski definition) is 6. The van der Waals surface area contributed by atoms with Crippen LogP contribution >= 0.6 is 0 Å². The summed E-state index contributed by atoms with van der Waals surface area (Å²) in [7, 11) is 1.58. The zero-order valence-corrected chi connectivity index (χ0v) is 17.1. The minimum absolute atomic E-state index is 0.180. The van der Waals surface area contributed by atoms with Crippen molar-refractivity contribution in [3.05, 3.63) is 29.8 Å². The molecule has 11 nitrogen and oxygen atoms in total. The summed E-state index contributed by atoms with van der Waals surface area (Å²) in [5, 5.41) is 59.6. The summed E-state index contributed by atoms with van der Waals surface area (Å²) in [6.45, 7) is -0.387. The lowest BCUT2D eigenvalue weighted by molar-refractivity contribution is -0.320. The summed E-state index contributed by atoms with van der Waals surface area (Å²) in [5.74, 6) is 0.727. The van der Waals surface area contributed by atoms with E-state index < -0.39 is 55.3 Å². The fraction of sp³-hybridized carbons (Fsp3) is 0.700. The van der Waals surface area contributed by atoms with Gasteiger partial charge in [-0.1, -0.05) is 12.1 Å². The molecule has 1 aromatic carbocycles. The van der Waals surface area contributed by atoms with Crippen LogP contribution < -0.4 is 4.74 Å². The highest BCUT2D eigenvalue weighted by molar-refractivity contribution is 5.27. The number of methoxy groups -OCH3 is 1. The zero-order chi connectivity index (χ0) is 22.5. The van der Waals surface area contributed by atoms with Crippen molar-refractivity contribution in [1.29, 1.82) is 0 Å². The first-order valence-corrected chi connectivity index (χ1v) is 10.0. The quantitative estimate of drug-likeness (QED) is 0.250. The molecule has 0 spiro atoms. The highest BCUT2D eigenvalue weighted by atomic mass is 16.7. The molecule has 3 rings (SSSR count). The monoisotopic (exact) mass is 446 g/mol. The average Bonchev–Trinajstić information content (AvgIpc) is 2.78. The first-order valence-electron chi connectivity index (χ1n) is 10.0. The van der Waals surface area contributed by atoms with Crippen molar-refractivity contribution in [2.24, 2.45) is 0 Å². The second kappa shape index (κ2) is 11.0. The Morgan fingerprint density at radius 1 is 0.839 bits per heavy atom. The van der Waals surface area contributed by atoms with Gasteiger partial charge in [-0.05, 0) is 24.1 Å². The Hall–Kier alpha value is -1.38. The molecular weight excluding hydrogens is 416 g/mol. The van der Waals surface area contributed by atoms with Gasteiger partial charge in [0, 0.05) is 0 Å². The van der Waals surface area contributed by atoms with E-state index >= 15 is 0 Å². The maximum absolute atomic E-state index is 10.2. The van der Waals surface area contributed by atoms with E-state index in [0.29, 0.717) is 6.42 Å². The van der Waals surface area contributed by atoms with E-state index in [9.17, 15) is 30.6 Å². The summed E-state index contributed by atoms with van der Waals surface area (Å²) in [4.78, 5) is 0. The van der Waals surface area contributed by atoms with E-state index in [1.807, 2.05) is 24.3 Å². The Labute approximate surface area is 179 Å². The molecular formula is C20H30O11. The van der Waals surface area contributed by atoms with Crippen LogP contribution in [0.2, 0.25) is 0 Å². The Morgan fingerprint density at radius 2 is 1.52 bits per heavy atom. The lowest BCUT2D eigenvalue weighted by Crippen LogP contribution is -2.60. The molecule has 0 bridgehead atoms. The molecule has 31 heavy (non-hydrogen) atoms. The van der Waals surface area contributed by atoms with Crippen LogP contribution in [-0.2, 0) is 25.4 Å². The first-order chi connectivity index (χ1) is 14.8. The van der Waals surface area contributed by atoms with E-state index in [2.05, 4.69) is 0 Å². The van der Waals surface area contributed by atoms with E-state index in [1.54, 1.807) is 7.11 Å².